The van der Waals surface area contributed by atoms with E-state index in [1.165, 1.54) is 0 Å². The van der Waals surface area contributed by atoms with Crippen LogP contribution in [-0.2, 0) is 4.79 Å². The molecule has 1 aliphatic carbocycles. The maximum Gasteiger partial charge on any atom is 0.272 e. The second-order valence-electron chi connectivity index (χ2n) is 18.5. The normalized spacial score (nSPS) is 23.7. The first-order valence-electron chi connectivity index (χ1n) is 21.5. The number of pyridine rings is 1. The molecule has 0 radical (unpaired) electrons. The lowest BCUT2D eigenvalue weighted by molar-refractivity contribution is -0.163. The van der Waals surface area contributed by atoms with E-state index in [-0.39, 0.29) is 29.7 Å². The van der Waals surface area contributed by atoms with Gasteiger partial charge in [-0.2, -0.15) is 0 Å². The Labute approximate surface area is 361 Å². The number of amides is 4. The standard InChI is InChI=1S/C47H52N10O5/c1-28-9-14-36(41(59)50-28)57-42(60)31-11-10-30(26-33(31)43(57)61)55-24-22-54(23-25-55)27-29-17-20-56(21-18-29)38-16-13-35(52-53-38)40(58)51-44-46(2,3)45(47(44,4)5)62-37-15-12-34(48-6)39-32(37)8-7-19-49-39/h7-8,10-13,15-16,19,26,29,36,44-45H,1,9,14,17-18,20-25,27H2,2-5H3,(H,50,59)(H,51,58). The third kappa shape index (κ3) is 7.19. The molecule has 9 rings (SSSR count). The summed E-state index contributed by atoms with van der Waals surface area (Å²) in [4.78, 5) is 69.0. The molecular formula is C47H52N10O5. The minimum absolute atomic E-state index is 0.189. The first kappa shape index (κ1) is 41.0. The van der Waals surface area contributed by atoms with Crippen molar-refractivity contribution < 1.29 is 23.9 Å². The van der Waals surface area contributed by atoms with Crippen molar-refractivity contribution in [3.8, 4) is 5.75 Å². The summed E-state index contributed by atoms with van der Waals surface area (Å²) in [5, 5.41) is 15.6. The lowest BCUT2D eigenvalue weighted by atomic mass is 9.49. The molecule has 1 saturated carbocycles. The number of piperazine rings is 1. The van der Waals surface area contributed by atoms with E-state index >= 15 is 0 Å². The van der Waals surface area contributed by atoms with Gasteiger partial charge in [-0.3, -0.25) is 34.0 Å². The summed E-state index contributed by atoms with van der Waals surface area (Å²) in [5.74, 6) is 0.524. The van der Waals surface area contributed by atoms with Gasteiger partial charge < -0.3 is 25.2 Å². The zero-order valence-electron chi connectivity index (χ0n) is 35.7. The molecule has 4 aromatic rings. The van der Waals surface area contributed by atoms with Crippen molar-refractivity contribution in [3.05, 3.63) is 101 Å². The number of ether oxygens (including phenoxy) is 1. The molecule has 4 fully saturated rings. The number of imide groups is 1. The van der Waals surface area contributed by atoms with Crippen LogP contribution in [0.15, 0.2) is 73.1 Å². The predicted octanol–water partition coefficient (Wildman–Crippen LogP) is 5.61. The molecule has 1 atom stereocenters. The number of hydrogen-bond acceptors (Lipinski definition) is 11. The molecule has 15 nitrogen and oxygen atoms in total. The van der Waals surface area contributed by atoms with Crippen molar-refractivity contribution in [1.82, 2.24) is 35.6 Å². The Bertz CT molecular complexity index is 2500. The van der Waals surface area contributed by atoms with Crippen molar-refractivity contribution in [2.75, 3.05) is 55.6 Å². The Morgan fingerprint density at radius 3 is 2.34 bits per heavy atom. The topological polar surface area (TPSA) is 158 Å². The summed E-state index contributed by atoms with van der Waals surface area (Å²) < 4.78 is 6.64. The van der Waals surface area contributed by atoms with E-state index in [0.29, 0.717) is 52.5 Å². The summed E-state index contributed by atoms with van der Waals surface area (Å²) in [6.45, 7) is 25.9. The molecule has 320 valence electrons. The lowest BCUT2D eigenvalue weighted by Gasteiger charge is -2.63. The predicted molar refractivity (Wildman–Crippen MR) is 234 cm³/mol. The molecule has 2 N–H and O–H groups in total. The van der Waals surface area contributed by atoms with E-state index in [1.807, 2.05) is 36.4 Å². The van der Waals surface area contributed by atoms with Crippen molar-refractivity contribution >= 4 is 51.7 Å². The largest absolute Gasteiger partial charge is 0.489 e. The van der Waals surface area contributed by atoms with Crippen molar-refractivity contribution in [1.29, 1.82) is 0 Å². The van der Waals surface area contributed by atoms with Crippen molar-refractivity contribution in [3.63, 3.8) is 0 Å². The minimum Gasteiger partial charge on any atom is -0.489 e. The number of hydrogen-bond donors (Lipinski definition) is 2. The quantitative estimate of drug-likeness (QED) is 0.160. The van der Waals surface area contributed by atoms with Gasteiger partial charge in [0.05, 0.1) is 23.2 Å². The van der Waals surface area contributed by atoms with Crippen LogP contribution in [-0.4, -0.2) is 113 Å². The van der Waals surface area contributed by atoms with E-state index in [2.05, 4.69) is 79.6 Å². The Kier molecular flexibility index (Phi) is 10.5. The number of fused-ring (bicyclic) bond motifs is 2. The number of benzene rings is 2. The second kappa shape index (κ2) is 15.8. The van der Waals surface area contributed by atoms with E-state index in [0.717, 1.165) is 80.4 Å². The maximum absolute atomic E-state index is 13.6. The number of anilines is 2. The van der Waals surface area contributed by atoms with Crippen molar-refractivity contribution in [2.24, 2.45) is 16.7 Å². The molecule has 4 amide bonds. The fourth-order valence-corrected chi connectivity index (χ4v) is 10.7. The molecule has 4 aliphatic heterocycles. The van der Waals surface area contributed by atoms with Crippen LogP contribution in [0.2, 0.25) is 0 Å². The van der Waals surface area contributed by atoms with Crippen LogP contribution in [0, 0.1) is 23.3 Å². The molecule has 5 aliphatic rings. The average molecular weight is 837 g/mol. The van der Waals surface area contributed by atoms with Gasteiger partial charge in [0.1, 0.15) is 17.9 Å². The summed E-state index contributed by atoms with van der Waals surface area (Å²) in [7, 11) is 0. The molecule has 1 unspecified atom stereocenters. The number of nitrogens with one attached hydrogen (secondary N) is 2. The van der Waals surface area contributed by atoms with Gasteiger partial charge in [-0.25, -0.2) is 4.85 Å². The number of piperidine rings is 2. The van der Waals surface area contributed by atoms with Gasteiger partial charge in [0, 0.05) is 85.7 Å². The summed E-state index contributed by atoms with van der Waals surface area (Å²) in [6.07, 6.45) is 4.43. The Hall–Kier alpha value is -6.40. The van der Waals surface area contributed by atoms with Gasteiger partial charge in [0.15, 0.2) is 11.5 Å². The van der Waals surface area contributed by atoms with E-state index in [9.17, 15) is 19.2 Å². The summed E-state index contributed by atoms with van der Waals surface area (Å²) in [5.41, 5.74) is 2.78. The van der Waals surface area contributed by atoms with Gasteiger partial charge in [-0.1, -0.05) is 40.3 Å². The minimum atomic E-state index is -0.822. The van der Waals surface area contributed by atoms with Gasteiger partial charge in [0.25, 0.3) is 17.7 Å². The van der Waals surface area contributed by atoms with Crippen LogP contribution in [0.1, 0.15) is 84.6 Å². The molecule has 0 bridgehead atoms. The van der Waals surface area contributed by atoms with E-state index in [4.69, 9.17) is 11.3 Å². The first-order chi connectivity index (χ1) is 29.7. The molecular weight excluding hydrogens is 785 g/mol. The Morgan fingerprint density at radius 1 is 0.903 bits per heavy atom. The molecule has 3 saturated heterocycles. The number of carbonyl (C=O) groups excluding carboxylic acids is 4. The summed E-state index contributed by atoms with van der Waals surface area (Å²) >= 11 is 0. The Morgan fingerprint density at radius 2 is 1.65 bits per heavy atom. The van der Waals surface area contributed by atoms with E-state index in [1.54, 1.807) is 24.4 Å². The average Bonchev–Trinajstić information content (AvgIpc) is 3.52. The Balaban J connectivity index is 0.740. The highest BCUT2D eigenvalue weighted by Crippen LogP contribution is 2.56. The number of allylic oxidation sites excluding steroid dienone is 1. The molecule has 0 spiro atoms. The molecule has 62 heavy (non-hydrogen) atoms. The zero-order valence-corrected chi connectivity index (χ0v) is 35.7. The fourth-order valence-electron chi connectivity index (χ4n) is 10.7. The van der Waals surface area contributed by atoms with Crippen LogP contribution in [0.4, 0.5) is 17.2 Å². The monoisotopic (exact) mass is 836 g/mol. The SMILES string of the molecule is [C-]#[N+]c1ccc(OC2C(C)(C)C(NC(=O)c3ccc(N4CCC(CN5CCN(c6ccc7c(c6)C(=O)N(C6CCC(=C)NC6=O)C7=O)CC5)CC4)nn3)C2(C)C)c2cccnc12. The fraction of sp³-hybridized carbons (Fsp3) is 0.447. The summed E-state index contributed by atoms with van der Waals surface area (Å²) in [6, 6.07) is 15.4. The number of carbonyl (C=O) groups is 4. The van der Waals surface area contributed by atoms with Gasteiger partial charge in [-0.15, -0.1) is 10.2 Å². The van der Waals surface area contributed by atoms with Crippen LogP contribution in [0.3, 0.4) is 0 Å². The third-order valence-corrected chi connectivity index (χ3v) is 13.8. The van der Waals surface area contributed by atoms with Gasteiger partial charge in [-0.05, 0) is 80.1 Å². The van der Waals surface area contributed by atoms with Crippen LogP contribution < -0.4 is 25.2 Å². The smallest absolute Gasteiger partial charge is 0.272 e. The molecule has 2 aromatic heterocycles. The highest BCUT2D eigenvalue weighted by Gasteiger charge is 2.64. The van der Waals surface area contributed by atoms with E-state index < -0.39 is 28.7 Å². The van der Waals surface area contributed by atoms with Crippen LogP contribution in [0.25, 0.3) is 15.7 Å². The third-order valence-electron chi connectivity index (χ3n) is 13.8. The molecule has 2 aromatic carbocycles. The number of nitrogens with zero attached hydrogens (tertiary/aromatic N) is 8. The second-order valence-corrected chi connectivity index (χ2v) is 18.5. The lowest BCUT2D eigenvalue weighted by Crippen LogP contribution is -2.74. The van der Waals surface area contributed by atoms with Crippen molar-refractivity contribution in [2.45, 2.75) is 71.6 Å². The maximum atomic E-state index is 13.6. The molecule has 15 heteroatoms. The zero-order chi connectivity index (χ0) is 43.5. The number of rotatable bonds is 9. The van der Waals surface area contributed by atoms with Crippen LogP contribution in [0.5, 0.6) is 5.75 Å². The first-order valence-corrected chi connectivity index (χ1v) is 21.5. The molecule has 6 heterocycles. The van der Waals surface area contributed by atoms with Gasteiger partial charge >= 0.3 is 0 Å². The number of aromatic nitrogens is 3. The van der Waals surface area contributed by atoms with Gasteiger partial charge in [0.2, 0.25) is 11.6 Å². The van der Waals surface area contributed by atoms with Crippen LogP contribution >= 0.6 is 0 Å². The highest BCUT2D eigenvalue weighted by atomic mass is 16.5. The highest BCUT2D eigenvalue weighted by molar-refractivity contribution is 6.23.